The van der Waals surface area contributed by atoms with E-state index in [2.05, 4.69) is 15.3 Å². The summed E-state index contributed by atoms with van der Waals surface area (Å²) in [5.41, 5.74) is 0.995. The highest BCUT2D eigenvalue weighted by atomic mass is 32.1. The Bertz CT molecular complexity index is 1240. The van der Waals surface area contributed by atoms with Crippen molar-refractivity contribution < 1.29 is 26.7 Å². The van der Waals surface area contributed by atoms with Crippen LogP contribution in [0.25, 0.3) is 10.4 Å². The van der Waals surface area contributed by atoms with Crippen LogP contribution < -0.4 is 5.32 Å². The van der Waals surface area contributed by atoms with Crippen molar-refractivity contribution in [3.8, 4) is 10.4 Å². The molecule has 36 heavy (non-hydrogen) atoms. The molecule has 1 fully saturated rings. The van der Waals surface area contributed by atoms with Crippen LogP contribution in [-0.4, -0.2) is 45.8 Å². The Balaban J connectivity index is 1.61. The molecule has 0 radical (unpaired) electrons. The van der Waals surface area contributed by atoms with Gasteiger partial charge >= 0.3 is 6.18 Å². The number of carbonyl (C=O) groups is 1. The van der Waals surface area contributed by atoms with Gasteiger partial charge in [0.05, 0.1) is 28.0 Å². The van der Waals surface area contributed by atoms with Gasteiger partial charge in [0.1, 0.15) is 11.5 Å². The third kappa shape index (κ3) is 5.66. The average Bonchev–Trinajstić information content (AvgIpc) is 3.18. The summed E-state index contributed by atoms with van der Waals surface area (Å²) in [4.78, 5) is 23.6. The van der Waals surface area contributed by atoms with Gasteiger partial charge in [-0.1, -0.05) is 36.8 Å². The van der Waals surface area contributed by atoms with Crippen molar-refractivity contribution >= 4 is 23.1 Å². The third-order valence-corrected chi connectivity index (χ3v) is 7.16. The highest BCUT2D eigenvalue weighted by Crippen LogP contribution is 2.38. The van der Waals surface area contributed by atoms with Crippen LogP contribution in [0.15, 0.2) is 42.6 Å². The summed E-state index contributed by atoms with van der Waals surface area (Å²) < 4.78 is 67.7. The number of aryl methyl sites for hydroxylation is 2. The first-order chi connectivity index (χ1) is 16.8. The molecule has 1 N–H and O–H groups in total. The van der Waals surface area contributed by atoms with E-state index in [-0.39, 0.29) is 18.1 Å². The standard InChI is InChI=1S/C25H25F5N4OS/c1-14-5-4-6-17(9-14)22-21(33-16(3)36-22)23(35)34-13-24(26,27)10-15(2)19(34)12-32-20-8-7-18(11-31-20)25(28,29)30/h4-9,11,15,19H,10,12-13H2,1-3H3,(H,31,32)/t15?,19-/m1/s1. The van der Waals surface area contributed by atoms with Crippen molar-refractivity contribution in [2.45, 2.75) is 45.3 Å². The Morgan fingerprint density at radius 3 is 2.61 bits per heavy atom. The average molecular weight is 525 g/mol. The summed E-state index contributed by atoms with van der Waals surface area (Å²) >= 11 is 1.32. The number of halogens is 5. The van der Waals surface area contributed by atoms with Crippen LogP contribution in [0.4, 0.5) is 27.8 Å². The Labute approximate surface area is 209 Å². The second-order valence-electron chi connectivity index (χ2n) is 9.13. The van der Waals surface area contributed by atoms with E-state index in [1.165, 1.54) is 17.4 Å². The quantitative estimate of drug-likeness (QED) is 0.391. The summed E-state index contributed by atoms with van der Waals surface area (Å²) in [5.74, 6) is -4.10. The largest absolute Gasteiger partial charge is 0.417 e. The molecule has 1 aliphatic heterocycles. The van der Waals surface area contributed by atoms with Crippen molar-refractivity contribution in [3.05, 3.63) is 64.4 Å². The SMILES string of the molecule is Cc1cccc(-c2sc(C)nc2C(=O)N2CC(F)(F)CC(C)[C@H]2CNc2ccc(C(F)(F)F)cn2)c1. The summed E-state index contributed by atoms with van der Waals surface area (Å²) in [5, 5.41) is 3.55. The molecule has 0 spiro atoms. The van der Waals surface area contributed by atoms with Crippen molar-refractivity contribution in [1.82, 2.24) is 14.9 Å². The van der Waals surface area contributed by atoms with Gasteiger partial charge in [-0.25, -0.2) is 18.7 Å². The second-order valence-corrected chi connectivity index (χ2v) is 10.3. The topological polar surface area (TPSA) is 58.1 Å². The van der Waals surface area contributed by atoms with E-state index in [1.807, 2.05) is 31.2 Å². The van der Waals surface area contributed by atoms with E-state index in [0.717, 1.165) is 22.1 Å². The van der Waals surface area contributed by atoms with E-state index in [4.69, 9.17) is 0 Å². The van der Waals surface area contributed by atoms with Gasteiger partial charge in [-0.2, -0.15) is 13.2 Å². The molecule has 192 valence electrons. The number of amides is 1. The van der Waals surface area contributed by atoms with Crippen LogP contribution in [0.5, 0.6) is 0 Å². The number of thiazole rings is 1. The molecule has 3 heterocycles. The number of likely N-dealkylation sites (tertiary alicyclic amines) is 1. The number of benzene rings is 1. The zero-order valence-corrected chi connectivity index (χ0v) is 20.7. The minimum atomic E-state index is -4.51. The predicted octanol–water partition coefficient (Wildman–Crippen LogP) is 6.44. The maximum absolute atomic E-state index is 14.6. The van der Waals surface area contributed by atoms with Crippen molar-refractivity contribution in [1.29, 1.82) is 0 Å². The highest BCUT2D eigenvalue weighted by molar-refractivity contribution is 7.15. The molecule has 11 heteroatoms. The number of alkyl halides is 5. The van der Waals surface area contributed by atoms with Crippen LogP contribution in [0.1, 0.15) is 40.0 Å². The first kappa shape index (κ1) is 26.0. The second kappa shape index (κ2) is 9.76. The predicted molar refractivity (Wildman–Crippen MR) is 128 cm³/mol. The van der Waals surface area contributed by atoms with E-state index in [1.54, 1.807) is 13.8 Å². The molecule has 0 aliphatic carbocycles. The lowest BCUT2D eigenvalue weighted by Crippen LogP contribution is -2.57. The molecule has 0 bridgehead atoms. The molecule has 1 aromatic carbocycles. The molecule has 0 saturated carbocycles. The molecule has 5 nitrogen and oxygen atoms in total. The fraction of sp³-hybridized carbons (Fsp3) is 0.400. The minimum Gasteiger partial charge on any atom is -0.368 e. The van der Waals surface area contributed by atoms with Gasteiger partial charge in [-0.3, -0.25) is 4.79 Å². The Morgan fingerprint density at radius 1 is 1.22 bits per heavy atom. The third-order valence-electron chi connectivity index (χ3n) is 6.14. The molecular formula is C25H25F5N4OS. The lowest BCUT2D eigenvalue weighted by molar-refractivity contribution is -0.137. The highest BCUT2D eigenvalue weighted by Gasteiger charge is 2.46. The number of nitrogens with one attached hydrogen (secondary N) is 1. The fourth-order valence-corrected chi connectivity index (χ4v) is 5.35. The molecule has 4 rings (SSSR count). The first-order valence-electron chi connectivity index (χ1n) is 11.3. The van der Waals surface area contributed by atoms with Crippen LogP contribution in [0.3, 0.4) is 0 Å². The first-order valence-corrected chi connectivity index (χ1v) is 12.2. The molecule has 1 unspecified atom stereocenters. The molecule has 1 saturated heterocycles. The Hall–Kier alpha value is -3.08. The van der Waals surface area contributed by atoms with Crippen LogP contribution in [-0.2, 0) is 6.18 Å². The summed E-state index contributed by atoms with van der Waals surface area (Å²) in [7, 11) is 0. The molecule has 2 aromatic heterocycles. The number of pyridine rings is 1. The molecular weight excluding hydrogens is 499 g/mol. The fourth-order valence-electron chi connectivity index (χ4n) is 4.44. The van der Waals surface area contributed by atoms with Gasteiger partial charge in [0.2, 0.25) is 0 Å². The van der Waals surface area contributed by atoms with E-state index >= 15 is 0 Å². The summed E-state index contributed by atoms with van der Waals surface area (Å²) in [6.45, 7) is 4.58. The molecule has 2 atom stereocenters. The Kier molecular flexibility index (Phi) is 7.05. The smallest absolute Gasteiger partial charge is 0.368 e. The summed E-state index contributed by atoms with van der Waals surface area (Å²) in [6.07, 6.45) is -4.22. The van der Waals surface area contributed by atoms with Crippen molar-refractivity contribution in [2.24, 2.45) is 5.92 Å². The molecule has 1 aliphatic rings. The van der Waals surface area contributed by atoms with Gasteiger partial charge < -0.3 is 10.2 Å². The maximum Gasteiger partial charge on any atom is 0.417 e. The number of rotatable bonds is 5. The van der Waals surface area contributed by atoms with Crippen LogP contribution in [0.2, 0.25) is 0 Å². The van der Waals surface area contributed by atoms with E-state index < -0.39 is 48.5 Å². The van der Waals surface area contributed by atoms with Gasteiger partial charge in [0.25, 0.3) is 11.8 Å². The van der Waals surface area contributed by atoms with Gasteiger partial charge in [-0.15, -0.1) is 11.3 Å². The van der Waals surface area contributed by atoms with Crippen LogP contribution in [0, 0.1) is 19.8 Å². The maximum atomic E-state index is 14.6. The van der Waals surface area contributed by atoms with E-state index in [0.29, 0.717) is 16.1 Å². The number of nitrogens with zero attached hydrogens (tertiary/aromatic N) is 3. The number of hydrogen-bond acceptors (Lipinski definition) is 5. The van der Waals surface area contributed by atoms with Crippen molar-refractivity contribution in [3.63, 3.8) is 0 Å². The zero-order valence-electron chi connectivity index (χ0n) is 19.9. The number of carbonyl (C=O) groups excluding carboxylic acids is 1. The van der Waals surface area contributed by atoms with Crippen LogP contribution >= 0.6 is 11.3 Å². The molecule has 1 amide bonds. The lowest BCUT2D eigenvalue weighted by Gasteiger charge is -2.43. The number of anilines is 1. The number of aromatic nitrogens is 2. The number of hydrogen-bond donors (Lipinski definition) is 1. The minimum absolute atomic E-state index is 0.0459. The Morgan fingerprint density at radius 2 is 1.97 bits per heavy atom. The zero-order chi connectivity index (χ0) is 26.3. The van der Waals surface area contributed by atoms with Crippen molar-refractivity contribution in [2.75, 3.05) is 18.4 Å². The van der Waals surface area contributed by atoms with Gasteiger partial charge in [-0.05, 0) is 37.5 Å². The normalized spacial score (nSPS) is 19.8. The van der Waals surface area contributed by atoms with Gasteiger partial charge in [0, 0.05) is 19.2 Å². The lowest BCUT2D eigenvalue weighted by atomic mass is 9.88. The van der Waals surface area contributed by atoms with Gasteiger partial charge in [0.15, 0.2) is 0 Å². The van der Waals surface area contributed by atoms with E-state index in [9.17, 15) is 26.7 Å². The molecule has 3 aromatic rings. The number of piperidine rings is 1. The summed E-state index contributed by atoms with van der Waals surface area (Å²) in [6, 6.07) is 8.96. The monoisotopic (exact) mass is 524 g/mol.